The minimum atomic E-state index is -0.485. The van der Waals surface area contributed by atoms with Gasteiger partial charge >= 0.3 is 0 Å². The maximum atomic E-state index is 13.2. The number of carbonyl (C=O) groups excluding carboxylic acids is 3. The number of amides is 3. The molecule has 2 heterocycles. The summed E-state index contributed by atoms with van der Waals surface area (Å²) in [5.41, 5.74) is 3.52. The summed E-state index contributed by atoms with van der Waals surface area (Å²) in [5, 5.41) is 10.8. The van der Waals surface area contributed by atoms with Gasteiger partial charge in [-0.2, -0.15) is 0 Å². The number of hydrogen-bond donors (Lipinski definition) is 3. The minimum absolute atomic E-state index is 0.0737. The Balaban J connectivity index is 1.17. The van der Waals surface area contributed by atoms with E-state index in [1.54, 1.807) is 67.0 Å². The van der Waals surface area contributed by atoms with Crippen LogP contribution in [0.4, 0.5) is 10.8 Å². The molecule has 8 nitrogen and oxygen atoms in total. The van der Waals surface area contributed by atoms with Gasteiger partial charge in [0, 0.05) is 39.5 Å². The number of thiazole rings is 1. The van der Waals surface area contributed by atoms with Crippen LogP contribution < -0.4 is 16.0 Å². The highest BCUT2D eigenvalue weighted by Gasteiger charge is 2.15. The monoisotopic (exact) mass is 591 g/mol. The first-order chi connectivity index (χ1) is 20.5. The van der Waals surface area contributed by atoms with Crippen LogP contribution in [-0.2, 0) is 9.59 Å². The van der Waals surface area contributed by atoms with Gasteiger partial charge in [0.1, 0.15) is 5.70 Å². The molecular weight excluding hydrogens is 567 g/mol. The molecule has 3 N–H and O–H groups in total. The number of benzene rings is 3. The molecule has 42 heavy (non-hydrogen) atoms. The molecule has 10 heteroatoms. The lowest BCUT2D eigenvalue weighted by Crippen LogP contribution is -2.30. The standard InChI is InChI=1S/C32H25N5O3S2/c38-29(37-32-36-28(20-42-32)23-9-3-1-4-10-23)21-41-26-15-13-25(14-16-26)34-31(40)27(18-22-8-7-17-33-19-22)35-30(39)24-11-5-2-6-12-24/h1-20H,21H2,(H,34,40)(H,35,39)(H,36,37,38)/b27-18-. The van der Waals surface area contributed by atoms with Crippen molar-refractivity contribution in [3.63, 3.8) is 0 Å². The van der Waals surface area contributed by atoms with Gasteiger partial charge in [-0.1, -0.05) is 54.6 Å². The first kappa shape index (κ1) is 28.5. The molecule has 5 aromatic rings. The second-order valence-electron chi connectivity index (χ2n) is 8.88. The number of carbonyl (C=O) groups is 3. The van der Waals surface area contributed by atoms with Gasteiger partial charge in [0.2, 0.25) is 5.91 Å². The third-order valence-corrected chi connectivity index (χ3v) is 7.60. The average Bonchev–Trinajstić information content (AvgIpc) is 3.50. The Kier molecular flexibility index (Phi) is 9.50. The zero-order valence-electron chi connectivity index (χ0n) is 22.2. The molecule has 0 unspecified atom stereocenters. The maximum absolute atomic E-state index is 13.2. The van der Waals surface area contributed by atoms with Crippen LogP contribution in [0, 0.1) is 0 Å². The van der Waals surface area contributed by atoms with Crippen LogP contribution in [0.25, 0.3) is 17.3 Å². The van der Waals surface area contributed by atoms with Crippen molar-refractivity contribution in [1.82, 2.24) is 15.3 Å². The topological polar surface area (TPSA) is 113 Å². The fourth-order valence-corrected chi connectivity index (χ4v) is 5.21. The predicted molar refractivity (Wildman–Crippen MR) is 168 cm³/mol. The van der Waals surface area contributed by atoms with Gasteiger partial charge < -0.3 is 16.0 Å². The summed E-state index contributed by atoms with van der Waals surface area (Å²) in [7, 11) is 0. The molecular formula is C32H25N5O3S2. The first-order valence-corrected chi connectivity index (χ1v) is 14.7. The molecule has 0 saturated carbocycles. The zero-order valence-corrected chi connectivity index (χ0v) is 23.8. The van der Waals surface area contributed by atoms with E-state index >= 15 is 0 Å². The number of nitrogens with zero attached hydrogens (tertiary/aromatic N) is 2. The lowest BCUT2D eigenvalue weighted by molar-refractivity contribution is -0.114. The van der Waals surface area contributed by atoms with E-state index in [1.165, 1.54) is 23.1 Å². The van der Waals surface area contributed by atoms with Gasteiger partial charge in [-0.05, 0) is 54.1 Å². The van der Waals surface area contributed by atoms with Crippen molar-refractivity contribution in [3.8, 4) is 11.3 Å². The molecule has 0 saturated heterocycles. The lowest BCUT2D eigenvalue weighted by Gasteiger charge is -2.12. The van der Waals surface area contributed by atoms with Crippen LogP contribution in [0.5, 0.6) is 0 Å². The minimum Gasteiger partial charge on any atom is -0.321 e. The van der Waals surface area contributed by atoms with Crippen LogP contribution in [-0.4, -0.2) is 33.4 Å². The van der Waals surface area contributed by atoms with E-state index in [2.05, 4.69) is 25.9 Å². The molecule has 0 bridgehead atoms. The molecule has 5 rings (SSSR count). The molecule has 208 valence electrons. The van der Waals surface area contributed by atoms with Crippen molar-refractivity contribution in [1.29, 1.82) is 0 Å². The maximum Gasteiger partial charge on any atom is 0.272 e. The Hall–Kier alpha value is -5.06. The fraction of sp³-hybridized carbons (Fsp3) is 0.0312. The number of aromatic nitrogens is 2. The molecule has 0 aliphatic heterocycles. The van der Waals surface area contributed by atoms with E-state index in [9.17, 15) is 14.4 Å². The Morgan fingerprint density at radius 1 is 0.833 bits per heavy atom. The summed E-state index contributed by atoms with van der Waals surface area (Å²) in [6, 6.07) is 29.1. The number of nitrogens with one attached hydrogen (secondary N) is 3. The number of thioether (sulfide) groups is 1. The number of pyridine rings is 1. The first-order valence-electron chi connectivity index (χ1n) is 12.9. The summed E-state index contributed by atoms with van der Waals surface area (Å²) < 4.78 is 0. The van der Waals surface area contributed by atoms with E-state index in [-0.39, 0.29) is 17.4 Å². The molecule has 0 radical (unpaired) electrons. The van der Waals surface area contributed by atoms with Gasteiger partial charge in [0.15, 0.2) is 5.13 Å². The van der Waals surface area contributed by atoms with Gasteiger partial charge in [-0.15, -0.1) is 23.1 Å². The Morgan fingerprint density at radius 3 is 2.29 bits per heavy atom. The average molecular weight is 592 g/mol. The molecule has 0 fully saturated rings. The van der Waals surface area contributed by atoms with Crippen LogP contribution in [0.2, 0.25) is 0 Å². The SMILES string of the molecule is O=C(CSc1ccc(NC(=O)/C(=C/c2cccnc2)NC(=O)c2ccccc2)cc1)Nc1nc(-c2ccccc2)cs1. The van der Waals surface area contributed by atoms with Crippen LogP contribution >= 0.6 is 23.1 Å². The highest BCUT2D eigenvalue weighted by atomic mass is 32.2. The molecule has 0 spiro atoms. The Bertz CT molecular complexity index is 1690. The summed E-state index contributed by atoms with van der Waals surface area (Å²) in [6.45, 7) is 0. The Labute approximate surface area is 250 Å². The third kappa shape index (κ3) is 8.00. The van der Waals surface area contributed by atoms with Gasteiger partial charge in [0.05, 0.1) is 11.4 Å². The summed E-state index contributed by atoms with van der Waals surface area (Å²) in [4.78, 5) is 47.9. The van der Waals surface area contributed by atoms with Crippen molar-refractivity contribution in [2.45, 2.75) is 4.90 Å². The van der Waals surface area contributed by atoms with Crippen molar-refractivity contribution in [2.75, 3.05) is 16.4 Å². The second kappa shape index (κ2) is 14.0. The molecule has 3 amide bonds. The van der Waals surface area contributed by atoms with E-state index in [0.717, 1.165) is 16.2 Å². The number of anilines is 2. The third-order valence-electron chi connectivity index (χ3n) is 5.83. The quantitative estimate of drug-likeness (QED) is 0.129. The summed E-state index contributed by atoms with van der Waals surface area (Å²) in [6.07, 6.45) is 4.79. The highest BCUT2D eigenvalue weighted by molar-refractivity contribution is 8.00. The van der Waals surface area contributed by atoms with E-state index in [1.807, 2.05) is 53.9 Å². The van der Waals surface area contributed by atoms with Crippen molar-refractivity contribution in [3.05, 3.63) is 132 Å². The van der Waals surface area contributed by atoms with E-state index in [4.69, 9.17) is 0 Å². The van der Waals surface area contributed by atoms with Crippen molar-refractivity contribution in [2.24, 2.45) is 0 Å². The molecule has 3 aromatic carbocycles. The number of rotatable bonds is 10. The summed E-state index contributed by atoms with van der Waals surface area (Å²) >= 11 is 2.75. The molecule has 0 atom stereocenters. The normalized spacial score (nSPS) is 11.0. The van der Waals surface area contributed by atoms with Crippen molar-refractivity contribution < 1.29 is 14.4 Å². The number of hydrogen-bond acceptors (Lipinski definition) is 7. The van der Waals surface area contributed by atoms with Gasteiger partial charge in [-0.25, -0.2) is 4.98 Å². The van der Waals surface area contributed by atoms with Crippen LogP contribution in [0.3, 0.4) is 0 Å². The van der Waals surface area contributed by atoms with Crippen LogP contribution in [0.15, 0.2) is 125 Å². The fourth-order valence-electron chi connectivity index (χ4n) is 3.78. The van der Waals surface area contributed by atoms with Gasteiger partial charge in [-0.3, -0.25) is 19.4 Å². The van der Waals surface area contributed by atoms with Crippen molar-refractivity contribution >= 4 is 57.7 Å². The Morgan fingerprint density at radius 2 is 1.57 bits per heavy atom. The predicted octanol–water partition coefficient (Wildman–Crippen LogP) is 6.35. The molecule has 2 aromatic heterocycles. The molecule has 0 aliphatic rings. The van der Waals surface area contributed by atoms with E-state index < -0.39 is 11.8 Å². The highest BCUT2D eigenvalue weighted by Crippen LogP contribution is 2.25. The summed E-state index contributed by atoms with van der Waals surface area (Å²) in [5.74, 6) is -0.845. The smallest absolute Gasteiger partial charge is 0.272 e. The lowest BCUT2D eigenvalue weighted by atomic mass is 10.2. The van der Waals surface area contributed by atoms with E-state index in [0.29, 0.717) is 21.9 Å². The zero-order chi connectivity index (χ0) is 29.1. The second-order valence-corrected chi connectivity index (χ2v) is 10.8. The largest absolute Gasteiger partial charge is 0.321 e. The molecule has 0 aliphatic carbocycles. The van der Waals surface area contributed by atoms with Gasteiger partial charge in [0.25, 0.3) is 11.8 Å². The van der Waals surface area contributed by atoms with Crippen LogP contribution in [0.1, 0.15) is 15.9 Å².